The Balaban J connectivity index is 1.89. The second-order valence-electron chi connectivity index (χ2n) is 10.3. The molecule has 0 fully saturated rings. The van der Waals surface area contributed by atoms with Crippen molar-refractivity contribution in [1.82, 2.24) is 0 Å². The van der Waals surface area contributed by atoms with Crippen LogP contribution in [0.15, 0.2) is 41.0 Å². The molecule has 0 spiro atoms. The third-order valence-corrected chi connectivity index (χ3v) is 6.68. The number of aryl methyl sites for hydroxylation is 1. The summed E-state index contributed by atoms with van der Waals surface area (Å²) in [7, 11) is 0. The standard InChI is InChI=1S/C30H44O3/c1-21(2)12-9-13-22(3)14-10-15-23(4)16-11-18-30(8)19-17-27-20-28(32-26(7)31)24(5)25(6)29(27)33-30/h12,14,16,20H,9-11,13,15,17-19H2,1-8H3/b22-14+,23-16+. The summed E-state index contributed by atoms with van der Waals surface area (Å²) in [5.74, 6) is 1.35. The molecule has 33 heavy (non-hydrogen) atoms. The van der Waals surface area contributed by atoms with Crippen LogP contribution < -0.4 is 9.47 Å². The lowest BCUT2D eigenvalue weighted by Gasteiger charge is -2.37. The van der Waals surface area contributed by atoms with Gasteiger partial charge in [0.05, 0.1) is 0 Å². The van der Waals surface area contributed by atoms with E-state index in [4.69, 9.17) is 9.47 Å². The third-order valence-electron chi connectivity index (χ3n) is 6.68. The second-order valence-corrected chi connectivity index (χ2v) is 10.3. The maximum atomic E-state index is 11.4. The number of esters is 1. The fourth-order valence-electron chi connectivity index (χ4n) is 4.35. The number of rotatable bonds is 10. The highest BCUT2D eigenvalue weighted by Gasteiger charge is 2.33. The Labute approximate surface area is 202 Å². The fourth-order valence-corrected chi connectivity index (χ4v) is 4.35. The normalized spacial score (nSPS) is 18.4. The van der Waals surface area contributed by atoms with E-state index in [0.29, 0.717) is 5.75 Å². The lowest BCUT2D eigenvalue weighted by Crippen LogP contribution is -2.36. The van der Waals surface area contributed by atoms with Crippen molar-refractivity contribution < 1.29 is 14.3 Å². The van der Waals surface area contributed by atoms with Crippen molar-refractivity contribution in [2.45, 2.75) is 112 Å². The highest BCUT2D eigenvalue weighted by molar-refractivity contribution is 5.70. The van der Waals surface area contributed by atoms with Crippen molar-refractivity contribution in [3.05, 3.63) is 57.7 Å². The Hall–Kier alpha value is -2.29. The van der Waals surface area contributed by atoms with Crippen LogP contribution in [0.3, 0.4) is 0 Å². The van der Waals surface area contributed by atoms with Gasteiger partial charge in [0.25, 0.3) is 0 Å². The largest absolute Gasteiger partial charge is 0.487 e. The van der Waals surface area contributed by atoms with Gasteiger partial charge in [0.1, 0.15) is 17.1 Å². The summed E-state index contributed by atoms with van der Waals surface area (Å²) in [4.78, 5) is 11.4. The van der Waals surface area contributed by atoms with Crippen LogP contribution >= 0.6 is 0 Å². The first kappa shape index (κ1) is 27.0. The van der Waals surface area contributed by atoms with Crippen molar-refractivity contribution in [3.8, 4) is 11.5 Å². The maximum absolute atomic E-state index is 11.4. The summed E-state index contributed by atoms with van der Waals surface area (Å²) in [5.41, 5.74) is 7.39. The molecule has 1 aliphatic rings. The zero-order chi connectivity index (χ0) is 24.6. The van der Waals surface area contributed by atoms with Crippen molar-refractivity contribution >= 4 is 5.97 Å². The highest BCUT2D eigenvalue weighted by atomic mass is 16.5. The first-order valence-electron chi connectivity index (χ1n) is 12.5. The molecule has 0 bridgehead atoms. The second kappa shape index (κ2) is 12.3. The fraction of sp³-hybridized carbons (Fsp3) is 0.567. The van der Waals surface area contributed by atoms with Crippen molar-refractivity contribution in [2.75, 3.05) is 0 Å². The smallest absolute Gasteiger partial charge is 0.308 e. The van der Waals surface area contributed by atoms with E-state index < -0.39 is 0 Å². The van der Waals surface area contributed by atoms with Gasteiger partial charge in [0.15, 0.2) is 0 Å². The monoisotopic (exact) mass is 452 g/mol. The average molecular weight is 453 g/mol. The van der Waals surface area contributed by atoms with Gasteiger partial charge in [-0.3, -0.25) is 4.79 Å². The molecule has 0 saturated carbocycles. The number of hydrogen-bond donors (Lipinski definition) is 0. The van der Waals surface area contributed by atoms with Crippen LogP contribution in [0.2, 0.25) is 0 Å². The predicted molar refractivity (Wildman–Crippen MR) is 139 cm³/mol. The quantitative estimate of drug-likeness (QED) is 0.203. The van der Waals surface area contributed by atoms with Gasteiger partial charge in [-0.1, -0.05) is 34.9 Å². The molecule has 0 saturated heterocycles. The number of benzene rings is 1. The summed E-state index contributed by atoms with van der Waals surface area (Å²) in [6, 6.07) is 1.98. The van der Waals surface area contributed by atoms with E-state index in [0.717, 1.165) is 73.8 Å². The molecule has 1 aliphatic heterocycles. The molecule has 1 atom stereocenters. The van der Waals surface area contributed by atoms with Gasteiger partial charge in [-0.05, 0) is 123 Å². The van der Waals surface area contributed by atoms with Gasteiger partial charge < -0.3 is 9.47 Å². The van der Waals surface area contributed by atoms with Crippen LogP contribution in [0.5, 0.6) is 11.5 Å². The van der Waals surface area contributed by atoms with Gasteiger partial charge in [0, 0.05) is 6.92 Å². The molecule has 0 amide bonds. The molecule has 182 valence electrons. The van der Waals surface area contributed by atoms with E-state index >= 15 is 0 Å². The molecule has 0 aliphatic carbocycles. The van der Waals surface area contributed by atoms with Crippen LogP contribution in [-0.4, -0.2) is 11.6 Å². The minimum atomic E-state index is -0.282. The lowest BCUT2D eigenvalue weighted by molar-refractivity contribution is -0.131. The molecular formula is C30H44O3. The average Bonchev–Trinajstić information content (AvgIpc) is 2.72. The summed E-state index contributed by atoms with van der Waals surface area (Å²) in [6.45, 7) is 16.5. The lowest BCUT2D eigenvalue weighted by atomic mass is 9.86. The van der Waals surface area contributed by atoms with Crippen LogP contribution in [0, 0.1) is 13.8 Å². The van der Waals surface area contributed by atoms with E-state index in [9.17, 15) is 4.79 Å². The SMILES string of the molecule is CC(=O)Oc1cc2c(c(C)c1C)OC(C)(CC/C=C(\C)CC/C=C(\C)CCC=C(C)C)CC2. The highest BCUT2D eigenvalue weighted by Crippen LogP contribution is 2.42. The van der Waals surface area contributed by atoms with E-state index in [1.165, 1.54) is 23.6 Å². The molecule has 1 aromatic carbocycles. The number of allylic oxidation sites excluding steroid dienone is 6. The minimum absolute atomic E-state index is 0.161. The molecule has 1 aromatic rings. The Morgan fingerprint density at radius 2 is 1.58 bits per heavy atom. The van der Waals surface area contributed by atoms with E-state index in [1.54, 1.807) is 0 Å². The van der Waals surface area contributed by atoms with Crippen molar-refractivity contribution in [2.24, 2.45) is 0 Å². The van der Waals surface area contributed by atoms with Gasteiger partial charge >= 0.3 is 5.97 Å². The molecule has 2 rings (SSSR count). The molecule has 0 aromatic heterocycles. The van der Waals surface area contributed by atoms with Gasteiger partial charge in [-0.25, -0.2) is 0 Å². The van der Waals surface area contributed by atoms with Crippen LogP contribution in [-0.2, 0) is 11.2 Å². The van der Waals surface area contributed by atoms with Gasteiger partial charge in [-0.15, -0.1) is 0 Å². The van der Waals surface area contributed by atoms with Crippen molar-refractivity contribution in [3.63, 3.8) is 0 Å². The molecule has 3 heteroatoms. The molecule has 3 nitrogen and oxygen atoms in total. The third kappa shape index (κ3) is 8.53. The molecular weight excluding hydrogens is 408 g/mol. The van der Waals surface area contributed by atoms with Crippen LogP contribution in [0.25, 0.3) is 0 Å². The van der Waals surface area contributed by atoms with E-state index in [1.807, 2.05) is 13.0 Å². The Morgan fingerprint density at radius 1 is 0.970 bits per heavy atom. The maximum Gasteiger partial charge on any atom is 0.308 e. The summed E-state index contributed by atoms with van der Waals surface area (Å²) in [6.07, 6.45) is 15.6. The van der Waals surface area contributed by atoms with Crippen LogP contribution in [0.1, 0.15) is 103 Å². The Bertz CT molecular complexity index is 928. The van der Waals surface area contributed by atoms with Gasteiger partial charge in [-0.2, -0.15) is 0 Å². The first-order chi connectivity index (χ1) is 15.5. The van der Waals surface area contributed by atoms with E-state index in [-0.39, 0.29) is 11.6 Å². The topological polar surface area (TPSA) is 35.5 Å². The number of ether oxygens (including phenoxy) is 2. The molecule has 1 unspecified atom stereocenters. The van der Waals surface area contributed by atoms with E-state index in [2.05, 4.69) is 59.8 Å². The van der Waals surface area contributed by atoms with Crippen molar-refractivity contribution in [1.29, 1.82) is 0 Å². The minimum Gasteiger partial charge on any atom is -0.487 e. The summed E-state index contributed by atoms with van der Waals surface area (Å²) >= 11 is 0. The Morgan fingerprint density at radius 3 is 2.18 bits per heavy atom. The predicted octanol–water partition coefficient (Wildman–Crippen LogP) is 8.51. The number of hydrogen-bond acceptors (Lipinski definition) is 3. The number of carbonyl (C=O) groups is 1. The zero-order valence-corrected chi connectivity index (χ0v) is 22.2. The Kier molecular flexibility index (Phi) is 10.0. The number of carbonyl (C=O) groups excluding carboxylic acids is 1. The van der Waals surface area contributed by atoms with Crippen LogP contribution in [0.4, 0.5) is 0 Å². The zero-order valence-electron chi connectivity index (χ0n) is 22.2. The number of fused-ring (bicyclic) bond motifs is 1. The summed E-state index contributed by atoms with van der Waals surface area (Å²) in [5, 5.41) is 0. The summed E-state index contributed by atoms with van der Waals surface area (Å²) < 4.78 is 12.0. The molecule has 0 N–H and O–H groups in total. The molecule has 1 heterocycles. The first-order valence-corrected chi connectivity index (χ1v) is 12.5. The molecule has 0 radical (unpaired) electrons. The van der Waals surface area contributed by atoms with Gasteiger partial charge in [0.2, 0.25) is 0 Å².